The predicted octanol–water partition coefficient (Wildman–Crippen LogP) is 2.75. The fourth-order valence-electron chi connectivity index (χ4n) is 4.72. The number of hydrogen-bond acceptors (Lipinski definition) is 7. The fourth-order valence-corrected chi connectivity index (χ4v) is 4.72. The van der Waals surface area contributed by atoms with Gasteiger partial charge in [0.1, 0.15) is 11.3 Å². The van der Waals surface area contributed by atoms with E-state index in [1.807, 2.05) is 24.3 Å². The lowest BCUT2D eigenvalue weighted by Gasteiger charge is -2.31. The summed E-state index contributed by atoms with van der Waals surface area (Å²) in [5, 5.41) is 20.3. The molecule has 0 radical (unpaired) electrons. The van der Waals surface area contributed by atoms with Gasteiger partial charge in [0.05, 0.1) is 12.1 Å². The third-order valence-electron chi connectivity index (χ3n) is 5.96. The Bertz CT molecular complexity index is 843. The van der Waals surface area contributed by atoms with Gasteiger partial charge in [0.2, 0.25) is 0 Å². The molecule has 1 aromatic rings. The minimum absolute atomic E-state index is 0.108. The number of benzene rings is 1. The van der Waals surface area contributed by atoms with Crippen LogP contribution in [0.25, 0.3) is 0 Å². The molecule has 1 aromatic carbocycles. The molecule has 1 heterocycles. The lowest BCUT2D eigenvalue weighted by Crippen LogP contribution is -2.43. The van der Waals surface area contributed by atoms with Gasteiger partial charge in [-0.1, -0.05) is 12.1 Å². The molecule has 7 nitrogen and oxygen atoms in total. The second-order valence-corrected chi connectivity index (χ2v) is 6.98. The van der Waals surface area contributed by atoms with E-state index in [-0.39, 0.29) is 19.0 Å². The Kier molecular flexibility index (Phi) is 5.10. The summed E-state index contributed by atoms with van der Waals surface area (Å²) < 4.78 is 11.7. The largest absolute Gasteiger partial charge is 0.386 e. The summed E-state index contributed by atoms with van der Waals surface area (Å²) in [6, 6.07) is 12.6. The molecule has 0 aromatic heterocycles. The third-order valence-corrected chi connectivity index (χ3v) is 5.96. The van der Waals surface area contributed by atoms with Gasteiger partial charge in [-0.15, -0.1) is 0 Å². The molecule has 1 aliphatic carbocycles. The molecule has 2 N–H and O–H groups in total. The van der Waals surface area contributed by atoms with Crippen LogP contribution in [-0.4, -0.2) is 38.0 Å². The van der Waals surface area contributed by atoms with Crippen molar-refractivity contribution in [1.82, 2.24) is 0 Å². The normalized spacial score (nSPS) is 29.4. The summed E-state index contributed by atoms with van der Waals surface area (Å²) >= 11 is 0. The smallest absolute Gasteiger partial charge is 0.293 e. The number of anilines is 1. The molecular formula is C21H27N5O2. The minimum atomic E-state index is -1.56. The van der Waals surface area contributed by atoms with Crippen molar-refractivity contribution in [1.29, 1.82) is 10.5 Å². The van der Waals surface area contributed by atoms with Gasteiger partial charge in [0.15, 0.2) is 5.41 Å². The number of hydrogen-bond donors (Lipinski definition) is 1. The van der Waals surface area contributed by atoms with Gasteiger partial charge < -0.3 is 20.1 Å². The van der Waals surface area contributed by atoms with E-state index in [9.17, 15) is 10.5 Å². The van der Waals surface area contributed by atoms with Crippen molar-refractivity contribution >= 4 is 11.5 Å². The molecule has 3 unspecified atom stereocenters. The molecule has 0 saturated heterocycles. The first-order valence-electron chi connectivity index (χ1n) is 9.79. The van der Waals surface area contributed by atoms with Crippen LogP contribution in [0.3, 0.4) is 0 Å². The molecule has 28 heavy (non-hydrogen) atoms. The van der Waals surface area contributed by atoms with Gasteiger partial charge in [-0.25, -0.2) is 4.99 Å². The van der Waals surface area contributed by atoms with Crippen LogP contribution in [0.4, 0.5) is 5.69 Å². The number of rotatable bonds is 8. The Balaban J connectivity index is 2.10. The van der Waals surface area contributed by atoms with Gasteiger partial charge in [-0.05, 0) is 45.4 Å². The van der Waals surface area contributed by atoms with Crippen LogP contribution < -0.4 is 10.6 Å². The molecule has 1 saturated carbocycles. The number of amidine groups is 1. The standard InChI is InChI=1S/C21H27N5O2/c1-5-26(6-2)16-11-9-15(10-12-16)17-19(13-22)18(24)25-21(27-7-3,28-8-4)20(17,19)14-23/h9-12,17H,5-8H2,1-4H3,(H2,24,25). The van der Waals surface area contributed by atoms with Crippen LogP contribution in [0.1, 0.15) is 39.2 Å². The summed E-state index contributed by atoms with van der Waals surface area (Å²) in [5.74, 6) is -1.92. The second-order valence-electron chi connectivity index (χ2n) is 6.98. The molecule has 2 aliphatic rings. The van der Waals surface area contributed by atoms with Crippen molar-refractivity contribution in [3.05, 3.63) is 29.8 Å². The number of nitrogens with zero attached hydrogens (tertiary/aromatic N) is 4. The topological polar surface area (TPSA) is 108 Å². The molecule has 0 spiro atoms. The Morgan fingerprint density at radius 3 is 2.04 bits per heavy atom. The highest BCUT2D eigenvalue weighted by Gasteiger charge is 2.93. The molecule has 1 aliphatic heterocycles. The SMILES string of the molecule is CCOC1(OCC)N=C(N)C2(C#N)C(c3ccc(N(CC)CC)cc3)C12C#N. The number of aliphatic imine (C=N–C) groups is 1. The van der Waals surface area contributed by atoms with Gasteiger partial charge in [-0.3, -0.25) is 0 Å². The van der Waals surface area contributed by atoms with Crippen LogP contribution in [-0.2, 0) is 9.47 Å². The van der Waals surface area contributed by atoms with Gasteiger partial charge in [0, 0.05) is 37.9 Å². The lowest BCUT2D eigenvalue weighted by atomic mass is 9.93. The first-order chi connectivity index (χ1) is 13.5. The Morgan fingerprint density at radius 2 is 1.61 bits per heavy atom. The van der Waals surface area contributed by atoms with Crippen molar-refractivity contribution in [2.24, 2.45) is 21.6 Å². The Morgan fingerprint density at radius 1 is 1.04 bits per heavy atom. The maximum atomic E-state index is 10.2. The summed E-state index contributed by atoms with van der Waals surface area (Å²) in [6.45, 7) is 10.2. The highest BCUT2D eigenvalue weighted by atomic mass is 16.7. The number of fused-ring (bicyclic) bond motifs is 1. The third kappa shape index (κ3) is 2.24. The zero-order valence-electron chi connectivity index (χ0n) is 16.9. The predicted molar refractivity (Wildman–Crippen MR) is 106 cm³/mol. The fraction of sp³-hybridized carbons (Fsp3) is 0.571. The van der Waals surface area contributed by atoms with Crippen LogP contribution in [0.5, 0.6) is 0 Å². The van der Waals surface area contributed by atoms with E-state index >= 15 is 0 Å². The van der Waals surface area contributed by atoms with Crippen molar-refractivity contribution in [2.45, 2.75) is 39.5 Å². The summed E-state index contributed by atoms with van der Waals surface area (Å²) in [6.07, 6.45) is 0. The van der Waals surface area contributed by atoms with Gasteiger partial charge >= 0.3 is 0 Å². The first-order valence-corrected chi connectivity index (χ1v) is 9.79. The van der Waals surface area contributed by atoms with E-state index in [1.165, 1.54) is 0 Å². The molecule has 1 fully saturated rings. The van der Waals surface area contributed by atoms with Crippen molar-refractivity contribution in [3.63, 3.8) is 0 Å². The summed E-state index contributed by atoms with van der Waals surface area (Å²) in [7, 11) is 0. The van der Waals surface area contributed by atoms with Crippen LogP contribution in [0.2, 0.25) is 0 Å². The van der Waals surface area contributed by atoms with Gasteiger partial charge in [-0.2, -0.15) is 10.5 Å². The van der Waals surface area contributed by atoms with Crippen molar-refractivity contribution in [2.75, 3.05) is 31.2 Å². The maximum absolute atomic E-state index is 10.2. The van der Waals surface area contributed by atoms with E-state index in [0.717, 1.165) is 24.3 Å². The van der Waals surface area contributed by atoms with Crippen LogP contribution in [0, 0.1) is 33.5 Å². The van der Waals surface area contributed by atoms with E-state index in [4.69, 9.17) is 15.2 Å². The molecule has 3 atom stereocenters. The second kappa shape index (κ2) is 7.09. The molecule has 0 bridgehead atoms. The molecule has 3 rings (SSSR count). The minimum Gasteiger partial charge on any atom is -0.386 e. The van der Waals surface area contributed by atoms with Gasteiger partial charge in [0.25, 0.3) is 5.91 Å². The highest BCUT2D eigenvalue weighted by Crippen LogP contribution is 2.81. The van der Waals surface area contributed by atoms with Crippen molar-refractivity contribution < 1.29 is 9.47 Å². The van der Waals surface area contributed by atoms with E-state index in [0.29, 0.717) is 0 Å². The molecule has 0 amide bonds. The van der Waals surface area contributed by atoms with E-state index in [1.54, 1.807) is 13.8 Å². The van der Waals surface area contributed by atoms with E-state index in [2.05, 4.69) is 35.9 Å². The zero-order chi connectivity index (χ0) is 20.6. The quantitative estimate of drug-likeness (QED) is 0.694. The number of nitrogens with two attached hydrogens (primary N) is 1. The van der Waals surface area contributed by atoms with Crippen LogP contribution >= 0.6 is 0 Å². The zero-order valence-corrected chi connectivity index (χ0v) is 16.9. The summed E-state index contributed by atoms with van der Waals surface area (Å²) in [5.41, 5.74) is 5.63. The van der Waals surface area contributed by atoms with E-state index < -0.39 is 22.7 Å². The Labute approximate surface area is 166 Å². The monoisotopic (exact) mass is 381 g/mol. The molecule has 7 heteroatoms. The average Bonchev–Trinajstić information content (AvgIpc) is 3.28. The first kappa shape index (κ1) is 20.1. The average molecular weight is 381 g/mol. The highest BCUT2D eigenvalue weighted by molar-refractivity contribution is 6.00. The van der Waals surface area contributed by atoms with Crippen molar-refractivity contribution in [3.8, 4) is 12.1 Å². The number of ether oxygens (including phenoxy) is 2. The Hall–Kier alpha value is -2.61. The molecule has 148 valence electrons. The van der Waals surface area contributed by atoms with Crippen LogP contribution in [0.15, 0.2) is 29.3 Å². The summed E-state index contributed by atoms with van der Waals surface area (Å²) in [4.78, 5) is 6.60. The lowest BCUT2D eigenvalue weighted by molar-refractivity contribution is -0.255. The number of nitriles is 2. The maximum Gasteiger partial charge on any atom is 0.293 e. The molecular weight excluding hydrogens is 354 g/mol.